The topological polar surface area (TPSA) is 93.1 Å². The summed E-state index contributed by atoms with van der Waals surface area (Å²) in [5.41, 5.74) is 0.343. The normalized spacial score (nSPS) is 32.0. The van der Waals surface area contributed by atoms with Crippen LogP contribution < -0.4 is 0 Å². The molecule has 3 rings (SSSR count). The number of hydrogen-bond donors (Lipinski definition) is 2. The number of fused-ring (bicyclic) bond motifs is 2. The monoisotopic (exact) mass is 568 g/mol. The molecule has 1 saturated carbocycles. The molecule has 0 unspecified atom stereocenters. The van der Waals surface area contributed by atoms with Gasteiger partial charge in [0.1, 0.15) is 6.10 Å². The second kappa shape index (κ2) is 15.7. The summed E-state index contributed by atoms with van der Waals surface area (Å²) in [5, 5.41) is 22.8. The van der Waals surface area contributed by atoms with Crippen LogP contribution in [0, 0.1) is 23.2 Å². The summed E-state index contributed by atoms with van der Waals surface area (Å²) in [6, 6.07) is 0. The van der Waals surface area contributed by atoms with Gasteiger partial charge in [0.15, 0.2) is 0 Å². The van der Waals surface area contributed by atoms with Crippen LogP contribution in [0.5, 0.6) is 0 Å². The van der Waals surface area contributed by atoms with Crippen molar-refractivity contribution in [2.75, 3.05) is 24.7 Å². The Hall–Kier alpha value is -0.960. The zero-order chi connectivity index (χ0) is 27.5. The van der Waals surface area contributed by atoms with Crippen molar-refractivity contribution in [3.63, 3.8) is 0 Å². The Kier molecular flexibility index (Phi) is 13.1. The van der Waals surface area contributed by atoms with E-state index in [9.17, 15) is 19.8 Å². The van der Waals surface area contributed by atoms with Crippen LogP contribution in [0.15, 0.2) is 23.8 Å². The molecule has 6 atom stereocenters. The number of hydrogen-bond acceptors (Lipinski definition) is 8. The molecule has 1 heterocycles. The summed E-state index contributed by atoms with van der Waals surface area (Å²) in [7, 11) is 0. The third-order valence-electron chi connectivity index (χ3n) is 8.47. The van der Waals surface area contributed by atoms with Gasteiger partial charge in [0.05, 0.1) is 23.9 Å². The maximum Gasteiger partial charge on any atom is 0.302 e. The predicted octanol–water partition coefficient (Wildman–Crippen LogP) is 5.91. The predicted molar refractivity (Wildman–Crippen MR) is 156 cm³/mol. The standard InChI is InChI=1S/C30H48O6S2/c1-4-5-6-7-8-9-11-23-16-27-29(34)26(25(23)12-13-35-21(2)32)17-24(36-22(3)33)18-30(27,20-31)19-28-37-14-10-15-38-28/h4-5,16,23-26,28-29,31,34H,6-15,17-20H2,1-3H3/b5-4+/t23-,24+,25+,26-,29+,30+/m0/s1. The van der Waals surface area contributed by atoms with E-state index in [0.717, 1.165) is 55.6 Å². The Bertz CT molecular complexity index is 824. The molecule has 0 spiro atoms. The lowest BCUT2D eigenvalue weighted by atomic mass is 9.63. The van der Waals surface area contributed by atoms with Gasteiger partial charge in [-0.3, -0.25) is 9.59 Å². The average molecular weight is 569 g/mol. The van der Waals surface area contributed by atoms with Crippen LogP contribution in [0.3, 0.4) is 0 Å². The van der Waals surface area contributed by atoms with Crippen molar-refractivity contribution in [2.24, 2.45) is 23.2 Å². The van der Waals surface area contributed by atoms with Gasteiger partial charge in [-0.25, -0.2) is 0 Å². The number of thioether (sulfide) groups is 2. The number of carbonyl (C=O) groups excluding carboxylic acids is 2. The van der Waals surface area contributed by atoms with Gasteiger partial charge in [-0.15, -0.1) is 23.5 Å². The minimum absolute atomic E-state index is 0.0633. The fraction of sp³-hybridized carbons (Fsp3) is 0.800. The number of unbranched alkanes of at least 4 members (excludes halogenated alkanes) is 3. The Morgan fingerprint density at radius 3 is 2.55 bits per heavy atom. The third-order valence-corrected chi connectivity index (χ3v) is 11.4. The summed E-state index contributed by atoms with van der Waals surface area (Å²) in [6.45, 7) is 5.18. The van der Waals surface area contributed by atoms with Crippen LogP contribution in [0.1, 0.15) is 85.0 Å². The van der Waals surface area contributed by atoms with Gasteiger partial charge >= 0.3 is 11.9 Å². The minimum Gasteiger partial charge on any atom is -0.466 e. The Labute approximate surface area is 237 Å². The van der Waals surface area contributed by atoms with E-state index < -0.39 is 11.5 Å². The molecule has 38 heavy (non-hydrogen) atoms. The van der Waals surface area contributed by atoms with Gasteiger partial charge in [0.2, 0.25) is 0 Å². The summed E-state index contributed by atoms with van der Waals surface area (Å²) >= 11 is 3.89. The van der Waals surface area contributed by atoms with E-state index in [2.05, 4.69) is 25.2 Å². The maximum atomic E-state index is 12.1. The molecule has 6 nitrogen and oxygen atoms in total. The van der Waals surface area contributed by atoms with Gasteiger partial charge in [0, 0.05) is 19.3 Å². The first kappa shape index (κ1) is 31.6. The number of aliphatic hydroxyl groups excluding tert-OH is 2. The number of carbonyl (C=O) groups is 2. The van der Waals surface area contributed by atoms with E-state index in [-0.39, 0.29) is 42.4 Å². The van der Waals surface area contributed by atoms with E-state index in [1.807, 2.05) is 23.5 Å². The van der Waals surface area contributed by atoms with Crippen LogP contribution in [0.25, 0.3) is 0 Å². The maximum absolute atomic E-state index is 12.1. The third kappa shape index (κ3) is 8.77. The van der Waals surface area contributed by atoms with Gasteiger partial charge in [-0.1, -0.05) is 31.1 Å². The summed E-state index contributed by atoms with van der Waals surface area (Å²) in [5.74, 6) is 1.85. The molecule has 1 aliphatic heterocycles. The quantitative estimate of drug-likeness (QED) is 0.161. The molecule has 1 saturated heterocycles. The number of rotatable bonds is 13. The first-order valence-corrected chi connectivity index (χ1v) is 16.6. The lowest BCUT2D eigenvalue weighted by molar-refractivity contribution is -0.149. The fourth-order valence-electron chi connectivity index (χ4n) is 6.74. The van der Waals surface area contributed by atoms with Crippen molar-refractivity contribution in [3.05, 3.63) is 23.8 Å². The highest BCUT2D eigenvalue weighted by molar-refractivity contribution is 8.17. The highest BCUT2D eigenvalue weighted by Crippen LogP contribution is 2.55. The molecule has 2 bridgehead atoms. The molecule has 2 fully saturated rings. The van der Waals surface area contributed by atoms with E-state index in [4.69, 9.17) is 9.47 Å². The van der Waals surface area contributed by atoms with Gasteiger partial charge in [-0.05, 0) is 93.1 Å². The molecule has 8 heteroatoms. The van der Waals surface area contributed by atoms with Crippen molar-refractivity contribution in [3.8, 4) is 0 Å². The summed E-state index contributed by atoms with van der Waals surface area (Å²) < 4.78 is 11.5. The van der Waals surface area contributed by atoms with E-state index in [0.29, 0.717) is 30.5 Å². The first-order valence-electron chi connectivity index (χ1n) is 14.5. The van der Waals surface area contributed by atoms with Gasteiger partial charge < -0.3 is 19.7 Å². The highest BCUT2D eigenvalue weighted by Gasteiger charge is 2.52. The van der Waals surface area contributed by atoms with E-state index in [1.54, 1.807) is 0 Å². The smallest absolute Gasteiger partial charge is 0.302 e. The van der Waals surface area contributed by atoms with Crippen molar-refractivity contribution in [1.82, 2.24) is 0 Å². The lowest BCUT2D eigenvalue weighted by Crippen LogP contribution is -2.43. The van der Waals surface area contributed by atoms with Crippen molar-refractivity contribution >= 4 is 35.5 Å². The first-order chi connectivity index (χ1) is 18.3. The molecular formula is C30H48O6S2. The molecular weight excluding hydrogens is 520 g/mol. The average Bonchev–Trinajstić information content (AvgIpc) is 2.94. The van der Waals surface area contributed by atoms with E-state index >= 15 is 0 Å². The fourth-order valence-corrected chi connectivity index (χ4v) is 9.91. The largest absolute Gasteiger partial charge is 0.466 e. The second-order valence-corrected chi connectivity index (χ2v) is 14.2. The summed E-state index contributed by atoms with van der Waals surface area (Å²) in [4.78, 5) is 23.6. The van der Waals surface area contributed by atoms with Gasteiger partial charge in [0.25, 0.3) is 0 Å². The number of allylic oxidation sites excluding steroid dienone is 3. The van der Waals surface area contributed by atoms with Crippen LogP contribution in [-0.4, -0.2) is 63.7 Å². The second-order valence-electron chi connectivity index (χ2n) is 11.2. The highest BCUT2D eigenvalue weighted by atomic mass is 32.2. The zero-order valence-electron chi connectivity index (χ0n) is 23.4. The zero-order valence-corrected chi connectivity index (χ0v) is 25.1. The molecule has 216 valence electrons. The van der Waals surface area contributed by atoms with Crippen molar-refractivity contribution in [2.45, 2.75) is 102 Å². The molecule has 3 aliphatic rings. The molecule has 2 aliphatic carbocycles. The Morgan fingerprint density at radius 1 is 1.13 bits per heavy atom. The van der Waals surface area contributed by atoms with Crippen LogP contribution in [-0.2, 0) is 19.1 Å². The molecule has 0 aromatic rings. The van der Waals surface area contributed by atoms with Crippen LogP contribution >= 0.6 is 23.5 Å². The lowest BCUT2D eigenvalue weighted by Gasteiger charge is -2.45. The molecule has 0 aromatic carbocycles. The number of aliphatic hydroxyl groups is 2. The number of ether oxygens (including phenoxy) is 2. The molecule has 0 radical (unpaired) electrons. The van der Waals surface area contributed by atoms with Gasteiger partial charge in [-0.2, -0.15) is 0 Å². The number of esters is 2. The molecule has 0 aromatic heterocycles. The Morgan fingerprint density at radius 2 is 1.89 bits per heavy atom. The Balaban J connectivity index is 1.93. The summed E-state index contributed by atoms with van der Waals surface area (Å²) in [6.07, 6.45) is 14.7. The van der Waals surface area contributed by atoms with Crippen molar-refractivity contribution in [1.29, 1.82) is 0 Å². The van der Waals surface area contributed by atoms with Crippen molar-refractivity contribution < 1.29 is 29.3 Å². The SMILES string of the molecule is C/C=C/CCCCC[C@H]1C=C2[C@H](O)[C@@H](C[C@@H](OC(C)=O)C[C@]2(CO)CC2SCCCS2)[C@@H]1CCOC(C)=O. The molecule has 2 N–H and O–H groups in total. The molecule has 0 amide bonds. The van der Waals surface area contributed by atoms with Crippen LogP contribution in [0.2, 0.25) is 0 Å². The van der Waals surface area contributed by atoms with Crippen LogP contribution in [0.4, 0.5) is 0 Å². The minimum atomic E-state index is -0.699. The van der Waals surface area contributed by atoms with E-state index in [1.165, 1.54) is 20.3 Å².